The molecule has 3 atom stereocenters. The van der Waals surface area contributed by atoms with Crippen LogP contribution in [0.5, 0.6) is 0 Å². The molecule has 0 rings (SSSR count). The van der Waals surface area contributed by atoms with E-state index in [2.05, 4.69) is 92.1 Å². The number of aliphatic hydroxyl groups is 1. The highest BCUT2D eigenvalue weighted by Gasteiger charge is 2.23. The normalized spacial score (nSPS) is 14.6. The Morgan fingerprint density at radius 1 is 0.529 bits per heavy atom. The van der Waals surface area contributed by atoms with E-state index < -0.39 is 26.6 Å². The summed E-state index contributed by atoms with van der Waals surface area (Å²) in [5.74, 6) is -0.210. The first-order valence-corrected chi connectivity index (χ1v) is 29.4. The van der Waals surface area contributed by atoms with Gasteiger partial charge in [-0.2, -0.15) is 0 Å². The topological polar surface area (TPSA) is 108 Å². The van der Waals surface area contributed by atoms with Gasteiger partial charge in [-0.25, -0.2) is 0 Å². The number of rotatable bonds is 50. The fraction of sp³-hybridized carbons (Fsp3) is 0.746. The lowest BCUT2D eigenvalue weighted by molar-refractivity contribution is -0.870. The van der Waals surface area contributed by atoms with Crippen molar-refractivity contribution in [3.63, 3.8) is 0 Å². The van der Waals surface area contributed by atoms with Crippen LogP contribution in [0, 0.1) is 0 Å². The number of phosphoric ester groups is 1. The van der Waals surface area contributed by atoms with Gasteiger partial charge in [0.25, 0.3) is 7.82 Å². The largest absolute Gasteiger partial charge is 0.756 e. The van der Waals surface area contributed by atoms with Gasteiger partial charge in [0.1, 0.15) is 13.2 Å². The monoisotopic (exact) mass is 971 g/mol. The maximum absolute atomic E-state index is 12.9. The second-order valence-corrected chi connectivity index (χ2v) is 21.3. The van der Waals surface area contributed by atoms with E-state index in [4.69, 9.17) is 9.05 Å². The fourth-order valence-corrected chi connectivity index (χ4v) is 8.45. The maximum atomic E-state index is 12.9. The molecule has 0 radical (unpaired) electrons. The molecular weight excluding hydrogens is 864 g/mol. The number of quaternary nitrogens is 1. The van der Waals surface area contributed by atoms with Crippen molar-refractivity contribution in [2.24, 2.45) is 0 Å². The third kappa shape index (κ3) is 51.5. The fourth-order valence-electron chi connectivity index (χ4n) is 7.73. The van der Waals surface area contributed by atoms with Crippen LogP contribution in [0.3, 0.4) is 0 Å². The lowest BCUT2D eigenvalue weighted by Crippen LogP contribution is -2.45. The molecule has 68 heavy (non-hydrogen) atoms. The zero-order valence-corrected chi connectivity index (χ0v) is 45.7. The van der Waals surface area contributed by atoms with Gasteiger partial charge in [0.2, 0.25) is 5.91 Å². The predicted octanol–water partition coefficient (Wildman–Crippen LogP) is 16.2. The van der Waals surface area contributed by atoms with Crippen LogP contribution in [-0.2, 0) is 18.4 Å². The molecule has 0 aliphatic rings. The lowest BCUT2D eigenvalue weighted by atomic mass is 10.0. The Hall–Kier alpha value is -2.32. The molecule has 0 fully saturated rings. The Morgan fingerprint density at radius 3 is 1.37 bits per heavy atom. The highest BCUT2D eigenvalue weighted by molar-refractivity contribution is 7.45. The number of hydrogen-bond donors (Lipinski definition) is 2. The Balaban J connectivity index is 3.89. The molecule has 0 aromatic carbocycles. The first kappa shape index (κ1) is 65.7. The van der Waals surface area contributed by atoms with Crippen LogP contribution in [0.2, 0.25) is 0 Å². The Labute approximate surface area is 420 Å². The Morgan fingerprint density at radius 2 is 0.912 bits per heavy atom. The highest BCUT2D eigenvalue weighted by atomic mass is 31.2. The van der Waals surface area contributed by atoms with Crippen LogP contribution in [0.25, 0.3) is 0 Å². The van der Waals surface area contributed by atoms with Gasteiger partial charge in [-0.1, -0.05) is 234 Å². The van der Waals surface area contributed by atoms with Gasteiger partial charge in [-0.15, -0.1) is 0 Å². The summed E-state index contributed by atoms with van der Waals surface area (Å²) < 4.78 is 23.2. The van der Waals surface area contributed by atoms with E-state index in [1.165, 1.54) is 141 Å². The van der Waals surface area contributed by atoms with E-state index in [1.54, 1.807) is 6.08 Å². The van der Waals surface area contributed by atoms with E-state index in [9.17, 15) is 19.4 Å². The minimum absolute atomic E-state index is 0.00797. The van der Waals surface area contributed by atoms with Gasteiger partial charge in [-0.05, 0) is 77.0 Å². The average molecular weight is 971 g/mol. The zero-order chi connectivity index (χ0) is 49.9. The molecular formula is C59H107N2O6P. The second kappa shape index (κ2) is 49.7. The van der Waals surface area contributed by atoms with E-state index >= 15 is 0 Å². The van der Waals surface area contributed by atoms with Crippen LogP contribution in [0.15, 0.2) is 85.1 Å². The molecule has 3 unspecified atom stereocenters. The summed E-state index contributed by atoms with van der Waals surface area (Å²) in [6.45, 7) is 4.45. The number of nitrogens with zero attached hydrogens (tertiary/aromatic N) is 1. The average Bonchev–Trinajstić information content (AvgIpc) is 3.30. The summed E-state index contributed by atoms with van der Waals surface area (Å²) in [6, 6.07) is -0.902. The van der Waals surface area contributed by atoms with Crippen molar-refractivity contribution in [1.82, 2.24) is 5.32 Å². The number of hydrogen-bond acceptors (Lipinski definition) is 6. The molecule has 0 aliphatic carbocycles. The molecule has 0 aromatic heterocycles. The summed E-state index contributed by atoms with van der Waals surface area (Å²) in [6.07, 6.45) is 69.8. The summed E-state index contributed by atoms with van der Waals surface area (Å²) >= 11 is 0. The quantitative estimate of drug-likeness (QED) is 0.0272. The molecule has 9 heteroatoms. The molecule has 0 bridgehead atoms. The van der Waals surface area contributed by atoms with Gasteiger partial charge in [0.05, 0.1) is 39.9 Å². The SMILES string of the molecule is CC/C=C\C/C=C\C/C=C\C/C=C\C/C=C\CCCCCCCCCCCCCCCCCCCCCCCC(=O)NC(COP(=O)([O-])OCC[N+](C)(C)C)C(O)/C=C/CC/C=C/CCCCC. The molecule has 0 saturated carbocycles. The van der Waals surface area contributed by atoms with Gasteiger partial charge in [0.15, 0.2) is 0 Å². The molecule has 1 amide bonds. The number of likely N-dealkylation sites (N-methyl/N-ethyl adjacent to an activating group) is 1. The number of amides is 1. The zero-order valence-electron chi connectivity index (χ0n) is 44.8. The van der Waals surface area contributed by atoms with Crippen LogP contribution >= 0.6 is 7.82 Å². The minimum Gasteiger partial charge on any atom is -0.756 e. The van der Waals surface area contributed by atoms with Crippen molar-refractivity contribution >= 4 is 13.7 Å². The van der Waals surface area contributed by atoms with E-state index in [0.29, 0.717) is 17.4 Å². The third-order valence-corrected chi connectivity index (χ3v) is 13.1. The first-order chi connectivity index (χ1) is 33.0. The van der Waals surface area contributed by atoms with Crippen molar-refractivity contribution in [2.75, 3.05) is 40.9 Å². The van der Waals surface area contributed by atoms with E-state index in [1.807, 2.05) is 27.2 Å². The minimum atomic E-state index is -4.59. The first-order valence-electron chi connectivity index (χ1n) is 27.9. The summed E-state index contributed by atoms with van der Waals surface area (Å²) in [7, 11) is 1.24. The number of carbonyl (C=O) groups excluding carboxylic acids is 1. The predicted molar refractivity (Wildman–Crippen MR) is 293 cm³/mol. The van der Waals surface area contributed by atoms with Gasteiger partial charge < -0.3 is 28.8 Å². The number of aliphatic hydroxyl groups excluding tert-OH is 1. The number of phosphoric acid groups is 1. The lowest BCUT2D eigenvalue weighted by Gasteiger charge is -2.29. The summed E-state index contributed by atoms with van der Waals surface area (Å²) in [4.78, 5) is 25.3. The molecule has 0 aliphatic heterocycles. The van der Waals surface area contributed by atoms with Gasteiger partial charge in [0, 0.05) is 6.42 Å². The Kier molecular flexibility index (Phi) is 48.0. The molecule has 0 saturated heterocycles. The van der Waals surface area contributed by atoms with E-state index in [-0.39, 0.29) is 12.5 Å². The number of allylic oxidation sites excluding steroid dienone is 13. The van der Waals surface area contributed by atoms with Crippen molar-refractivity contribution in [2.45, 2.75) is 244 Å². The molecule has 8 nitrogen and oxygen atoms in total. The van der Waals surface area contributed by atoms with E-state index in [0.717, 1.165) is 70.6 Å². The molecule has 0 aromatic rings. The van der Waals surface area contributed by atoms with Crippen molar-refractivity contribution in [3.05, 3.63) is 85.1 Å². The van der Waals surface area contributed by atoms with Crippen LogP contribution in [0.1, 0.15) is 232 Å². The van der Waals surface area contributed by atoms with Gasteiger partial charge >= 0.3 is 0 Å². The Bertz CT molecular complexity index is 1380. The number of carbonyl (C=O) groups is 1. The molecule has 0 spiro atoms. The molecule has 394 valence electrons. The molecule has 0 heterocycles. The van der Waals surface area contributed by atoms with Crippen LogP contribution in [-0.4, -0.2) is 68.5 Å². The summed E-state index contributed by atoms with van der Waals surface area (Å²) in [5.41, 5.74) is 0. The smallest absolute Gasteiger partial charge is 0.268 e. The summed E-state index contributed by atoms with van der Waals surface area (Å²) in [5, 5.41) is 13.7. The number of nitrogens with one attached hydrogen (secondary N) is 1. The van der Waals surface area contributed by atoms with Crippen LogP contribution in [0.4, 0.5) is 0 Å². The van der Waals surface area contributed by atoms with Crippen molar-refractivity contribution < 1.29 is 32.9 Å². The molecule has 2 N–H and O–H groups in total. The standard InChI is InChI=1S/C59H107N2O6P/c1-6-8-10-12-14-16-17-18-19-20-21-22-23-24-25-26-27-28-29-30-31-32-33-34-35-36-37-38-39-40-41-42-43-45-47-49-51-53-59(63)60-57(56-67-68(64,65)66-55-54-61(3,4)5)58(62)52-50-48-46-44-15-13-11-9-7-2/h8,10,14-16,18-19,21-22,24-25,44,50,52,57-58,62H,6-7,9,11-13,17,20,23,26-43,45-49,51,53-56H2,1-5H3,(H-,60,63,64,65)/b10-8-,16-14-,19-18-,22-21-,25-24-,44-15+,52-50+. The van der Waals surface area contributed by atoms with Crippen molar-refractivity contribution in [3.8, 4) is 0 Å². The van der Waals surface area contributed by atoms with Crippen LogP contribution < -0.4 is 10.2 Å². The third-order valence-electron chi connectivity index (χ3n) is 12.1. The highest BCUT2D eigenvalue weighted by Crippen LogP contribution is 2.38. The number of unbranched alkanes of at least 4 members (excludes halogenated alkanes) is 25. The second-order valence-electron chi connectivity index (χ2n) is 19.9. The van der Waals surface area contributed by atoms with Gasteiger partial charge in [-0.3, -0.25) is 9.36 Å². The van der Waals surface area contributed by atoms with Crippen molar-refractivity contribution in [1.29, 1.82) is 0 Å². The maximum Gasteiger partial charge on any atom is 0.268 e.